The van der Waals surface area contributed by atoms with E-state index in [2.05, 4.69) is 5.32 Å². The van der Waals surface area contributed by atoms with Gasteiger partial charge in [0.05, 0.1) is 6.61 Å². The Bertz CT molecular complexity index is 641. The van der Waals surface area contributed by atoms with Crippen molar-refractivity contribution in [3.8, 4) is 5.75 Å². The van der Waals surface area contributed by atoms with Crippen molar-refractivity contribution in [3.63, 3.8) is 0 Å². The van der Waals surface area contributed by atoms with Gasteiger partial charge >= 0.3 is 0 Å². The van der Waals surface area contributed by atoms with Crippen LogP contribution in [0.4, 0.5) is 0 Å². The highest BCUT2D eigenvalue weighted by Gasteiger charge is 2.19. The summed E-state index contributed by atoms with van der Waals surface area (Å²) in [4.78, 5) is 24.2. The number of ketones is 1. The third kappa shape index (κ3) is 4.09. The first-order valence-corrected chi connectivity index (χ1v) is 7.32. The fraction of sp³-hybridized carbons (Fsp3) is 0.176. The van der Waals surface area contributed by atoms with Crippen molar-refractivity contribution in [2.75, 3.05) is 6.61 Å². The van der Waals surface area contributed by atoms with Gasteiger partial charge in [-0.25, -0.2) is 0 Å². The predicted molar refractivity (Wildman–Crippen MR) is 85.5 cm³/mol. The zero-order chi connectivity index (χ0) is 15.9. The summed E-state index contributed by atoms with van der Waals surface area (Å²) in [6.07, 6.45) is 0. The molecule has 0 saturated carbocycles. The van der Waals surface area contributed by atoms with Gasteiger partial charge in [0.25, 0.3) is 5.91 Å². The number of hydrogen-bond acceptors (Lipinski definition) is 3. The number of ether oxygens (including phenoxy) is 1. The molecule has 2 aromatic rings. The maximum absolute atomic E-state index is 12.1. The van der Waals surface area contributed by atoms with Crippen molar-refractivity contribution in [3.05, 3.63) is 65.7 Å². The van der Waals surface area contributed by atoms with Crippen LogP contribution in [0.5, 0.6) is 5.75 Å². The molecule has 0 aromatic heterocycles. The number of hydrogen-bond donors (Lipinski definition) is 1. The first kappa shape index (κ1) is 16.0. The molecule has 0 bridgehead atoms. The number of nitrogens with one attached hydrogen (secondary N) is 1. The third-order valence-electron chi connectivity index (χ3n) is 2.97. The van der Waals surface area contributed by atoms with Gasteiger partial charge in [-0.3, -0.25) is 9.59 Å². The Morgan fingerprint density at radius 3 is 2.27 bits per heavy atom. The number of rotatable bonds is 6. The zero-order valence-electron chi connectivity index (χ0n) is 12.1. The number of benzene rings is 2. The Labute approximate surface area is 134 Å². The second-order valence-corrected chi connectivity index (χ2v) is 4.96. The van der Waals surface area contributed by atoms with Crippen LogP contribution in [0, 0.1) is 0 Å². The maximum Gasteiger partial charge on any atom is 0.252 e. The molecule has 0 spiro atoms. The number of carbonyl (C=O) groups excluding carboxylic acids is 2. The molecule has 2 rings (SSSR count). The summed E-state index contributed by atoms with van der Waals surface area (Å²) in [6.45, 7) is 2.44. The van der Waals surface area contributed by atoms with E-state index in [1.807, 2.05) is 6.92 Å². The summed E-state index contributed by atoms with van der Waals surface area (Å²) < 4.78 is 5.31. The number of halogens is 1. The topological polar surface area (TPSA) is 55.4 Å². The highest BCUT2D eigenvalue weighted by Crippen LogP contribution is 2.13. The highest BCUT2D eigenvalue weighted by atomic mass is 35.5. The van der Waals surface area contributed by atoms with Gasteiger partial charge in [0.15, 0.2) is 11.3 Å². The second-order valence-electron chi connectivity index (χ2n) is 4.52. The van der Waals surface area contributed by atoms with Crippen molar-refractivity contribution in [2.24, 2.45) is 0 Å². The van der Waals surface area contributed by atoms with E-state index < -0.39 is 11.4 Å². The van der Waals surface area contributed by atoms with Crippen molar-refractivity contribution in [2.45, 2.75) is 12.4 Å². The smallest absolute Gasteiger partial charge is 0.252 e. The van der Waals surface area contributed by atoms with E-state index in [4.69, 9.17) is 16.3 Å². The Hall–Kier alpha value is -2.33. The van der Waals surface area contributed by atoms with Crippen LogP contribution in [0.15, 0.2) is 54.6 Å². The molecule has 0 aliphatic rings. The lowest BCUT2D eigenvalue weighted by atomic mass is 10.1. The lowest BCUT2D eigenvalue weighted by molar-refractivity contribution is 0.0889. The molecule has 1 amide bonds. The molecule has 0 unspecified atom stereocenters. The van der Waals surface area contributed by atoms with Crippen LogP contribution in [-0.4, -0.2) is 23.8 Å². The quantitative estimate of drug-likeness (QED) is 0.505. The summed E-state index contributed by atoms with van der Waals surface area (Å²) in [5.41, 5.74) is -0.245. The second kappa shape index (κ2) is 7.61. The third-order valence-corrected chi connectivity index (χ3v) is 3.28. The minimum absolute atomic E-state index is 0.346. The van der Waals surface area contributed by atoms with Crippen LogP contribution < -0.4 is 10.1 Å². The van der Waals surface area contributed by atoms with Crippen LogP contribution in [0.1, 0.15) is 27.6 Å². The normalized spacial score (nSPS) is 11.5. The fourth-order valence-corrected chi connectivity index (χ4v) is 2.11. The monoisotopic (exact) mass is 317 g/mol. The van der Waals surface area contributed by atoms with Crippen molar-refractivity contribution in [1.29, 1.82) is 0 Å². The molecule has 0 radical (unpaired) electrons. The molecule has 0 heterocycles. The van der Waals surface area contributed by atoms with Gasteiger partial charge in [0, 0.05) is 11.1 Å². The predicted octanol–water partition coefficient (Wildman–Crippen LogP) is 3.26. The fourth-order valence-electron chi connectivity index (χ4n) is 1.88. The first-order valence-electron chi connectivity index (χ1n) is 6.89. The minimum atomic E-state index is -1.11. The summed E-state index contributed by atoms with van der Waals surface area (Å²) >= 11 is 5.99. The standard InChI is InChI=1S/C17H16ClNO3/c1-2-22-14-10-8-13(9-11-14)17(21)19-16(18)15(20)12-6-4-3-5-7-12/h3-11,16H,2H2,1H3,(H,19,21)/t16-/m1/s1. The molecule has 5 heteroatoms. The molecule has 2 aromatic carbocycles. The van der Waals surface area contributed by atoms with Crippen LogP contribution in [-0.2, 0) is 0 Å². The molecule has 0 saturated heterocycles. The van der Waals surface area contributed by atoms with Gasteiger partial charge in [-0.2, -0.15) is 0 Å². The Kier molecular flexibility index (Phi) is 5.55. The highest BCUT2D eigenvalue weighted by molar-refractivity contribution is 6.34. The largest absolute Gasteiger partial charge is 0.494 e. The molecular formula is C17H16ClNO3. The number of Topliss-reactive ketones (excluding diaryl/α,β-unsaturated/α-hetero) is 1. The summed E-state index contributed by atoms with van der Waals surface area (Å²) in [7, 11) is 0. The van der Waals surface area contributed by atoms with Crippen LogP contribution >= 0.6 is 11.6 Å². The van der Waals surface area contributed by atoms with Gasteiger partial charge < -0.3 is 10.1 Å². The summed E-state index contributed by atoms with van der Waals surface area (Å²) in [5, 5.41) is 2.48. The van der Waals surface area contributed by atoms with Gasteiger partial charge in [-0.05, 0) is 31.2 Å². The number of amides is 1. The van der Waals surface area contributed by atoms with Crippen LogP contribution in [0.25, 0.3) is 0 Å². The summed E-state index contributed by atoms with van der Waals surface area (Å²) in [5.74, 6) is -0.0734. The van der Waals surface area contributed by atoms with Gasteiger partial charge in [-0.15, -0.1) is 0 Å². The van der Waals surface area contributed by atoms with E-state index in [0.29, 0.717) is 23.5 Å². The Morgan fingerprint density at radius 2 is 1.68 bits per heavy atom. The van der Waals surface area contributed by atoms with E-state index in [1.165, 1.54) is 0 Å². The van der Waals surface area contributed by atoms with Crippen molar-refractivity contribution < 1.29 is 14.3 Å². The van der Waals surface area contributed by atoms with Gasteiger partial charge in [-0.1, -0.05) is 41.9 Å². The molecule has 22 heavy (non-hydrogen) atoms. The van der Waals surface area contributed by atoms with Gasteiger partial charge in [0.1, 0.15) is 5.75 Å². The van der Waals surface area contributed by atoms with Crippen molar-refractivity contribution >= 4 is 23.3 Å². The molecule has 0 fully saturated rings. The molecular weight excluding hydrogens is 302 g/mol. The molecule has 0 aliphatic heterocycles. The average Bonchev–Trinajstić information content (AvgIpc) is 2.55. The summed E-state index contributed by atoms with van der Waals surface area (Å²) in [6, 6.07) is 15.2. The van der Waals surface area contributed by atoms with Crippen molar-refractivity contribution in [1.82, 2.24) is 5.32 Å². The van der Waals surface area contributed by atoms with E-state index in [9.17, 15) is 9.59 Å². The average molecular weight is 318 g/mol. The SMILES string of the molecule is CCOc1ccc(C(=O)N[C@@H](Cl)C(=O)c2ccccc2)cc1. The van der Waals surface area contributed by atoms with Crippen LogP contribution in [0.2, 0.25) is 0 Å². The van der Waals surface area contributed by atoms with E-state index in [-0.39, 0.29) is 5.78 Å². The minimum Gasteiger partial charge on any atom is -0.494 e. The van der Waals surface area contributed by atoms with E-state index in [0.717, 1.165) is 0 Å². The first-order chi connectivity index (χ1) is 10.6. The Balaban J connectivity index is 2.00. The van der Waals surface area contributed by atoms with E-state index >= 15 is 0 Å². The van der Waals surface area contributed by atoms with Crippen LogP contribution in [0.3, 0.4) is 0 Å². The molecule has 1 N–H and O–H groups in total. The maximum atomic E-state index is 12.1. The molecule has 1 atom stereocenters. The Morgan fingerprint density at radius 1 is 1.05 bits per heavy atom. The lowest BCUT2D eigenvalue weighted by Crippen LogP contribution is -2.36. The lowest BCUT2D eigenvalue weighted by Gasteiger charge is -2.11. The van der Waals surface area contributed by atoms with E-state index in [1.54, 1.807) is 54.6 Å². The van der Waals surface area contributed by atoms with Gasteiger partial charge in [0.2, 0.25) is 0 Å². The zero-order valence-corrected chi connectivity index (χ0v) is 12.8. The molecule has 4 nitrogen and oxygen atoms in total. The molecule has 0 aliphatic carbocycles. The molecule has 114 valence electrons. The number of carbonyl (C=O) groups is 2. The number of alkyl halides is 1.